The fourth-order valence-electron chi connectivity index (χ4n) is 1.92. The second kappa shape index (κ2) is 5.82. The molecule has 4 nitrogen and oxygen atoms in total. The van der Waals surface area contributed by atoms with Crippen LogP contribution in [0.4, 0.5) is 5.00 Å². The van der Waals surface area contributed by atoms with Crippen LogP contribution >= 0.6 is 11.3 Å². The molecule has 1 aliphatic carbocycles. The Balaban J connectivity index is 1.88. The molecule has 0 spiro atoms. The largest absolute Gasteiger partial charge is 0.465 e. The highest BCUT2D eigenvalue weighted by Crippen LogP contribution is 2.24. The monoisotopic (exact) mass is 265 g/mol. The van der Waals surface area contributed by atoms with E-state index in [9.17, 15) is 9.59 Å². The summed E-state index contributed by atoms with van der Waals surface area (Å²) in [5, 5.41) is 5.17. The molecule has 1 heterocycles. The summed E-state index contributed by atoms with van der Waals surface area (Å²) in [5.41, 5.74) is 0.471. The first-order chi connectivity index (χ1) is 8.69. The third-order valence-corrected chi connectivity index (χ3v) is 3.69. The Labute approximate surface area is 110 Å². The SMILES string of the molecule is COC(=O)c1csc(NC(=O)C[C@@H]2C=CCC2)c1. The average Bonchev–Trinajstić information content (AvgIpc) is 2.99. The summed E-state index contributed by atoms with van der Waals surface area (Å²) in [6.45, 7) is 0. The van der Waals surface area contributed by atoms with Crippen molar-refractivity contribution in [2.45, 2.75) is 19.3 Å². The van der Waals surface area contributed by atoms with E-state index in [1.165, 1.54) is 18.4 Å². The van der Waals surface area contributed by atoms with E-state index in [4.69, 9.17) is 0 Å². The van der Waals surface area contributed by atoms with Gasteiger partial charge in [-0.2, -0.15) is 0 Å². The molecule has 18 heavy (non-hydrogen) atoms. The van der Waals surface area contributed by atoms with Crippen LogP contribution in [-0.4, -0.2) is 19.0 Å². The van der Waals surface area contributed by atoms with Crippen LogP contribution in [0.25, 0.3) is 0 Å². The number of carbonyl (C=O) groups is 2. The molecule has 0 saturated heterocycles. The van der Waals surface area contributed by atoms with Crippen molar-refractivity contribution in [3.63, 3.8) is 0 Å². The molecule has 0 unspecified atom stereocenters. The molecule has 0 aromatic carbocycles. The third-order valence-electron chi connectivity index (χ3n) is 2.84. The Morgan fingerprint density at radius 2 is 2.39 bits per heavy atom. The predicted octanol–water partition coefficient (Wildman–Crippen LogP) is 2.83. The van der Waals surface area contributed by atoms with Crippen molar-refractivity contribution in [3.05, 3.63) is 29.2 Å². The number of methoxy groups -OCH3 is 1. The molecular formula is C13H15NO3S. The number of rotatable bonds is 4. The summed E-state index contributed by atoms with van der Waals surface area (Å²) < 4.78 is 4.61. The lowest BCUT2D eigenvalue weighted by atomic mass is 10.1. The zero-order valence-electron chi connectivity index (χ0n) is 10.1. The van der Waals surface area contributed by atoms with Gasteiger partial charge in [0.15, 0.2) is 0 Å². The maximum atomic E-state index is 11.8. The summed E-state index contributed by atoms with van der Waals surface area (Å²) in [7, 11) is 1.34. The van der Waals surface area contributed by atoms with Gasteiger partial charge in [0, 0.05) is 11.8 Å². The lowest BCUT2D eigenvalue weighted by molar-refractivity contribution is -0.116. The number of hydrogen-bond acceptors (Lipinski definition) is 4. The molecule has 1 N–H and O–H groups in total. The highest BCUT2D eigenvalue weighted by atomic mass is 32.1. The molecule has 1 atom stereocenters. The first kappa shape index (κ1) is 12.8. The summed E-state index contributed by atoms with van der Waals surface area (Å²) in [6, 6.07) is 1.64. The van der Waals surface area contributed by atoms with E-state index >= 15 is 0 Å². The lowest BCUT2D eigenvalue weighted by Gasteiger charge is -2.06. The average molecular weight is 265 g/mol. The molecular weight excluding hydrogens is 250 g/mol. The van der Waals surface area contributed by atoms with Crippen molar-refractivity contribution in [2.75, 3.05) is 12.4 Å². The molecule has 0 bridgehead atoms. The van der Waals surface area contributed by atoms with Crippen LogP contribution in [0.2, 0.25) is 0 Å². The van der Waals surface area contributed by atoms with E-state index in [1.54, 1.807) is 11.4 Å². The summed E-state index contributed by atoms with van der Waals surface area (Å²) >= 11 is 1.33. The zero-order valence-corrected chi connectivity index (χ0v) is 11.0. The predicted molar refractivity (Wildman–Crippen MR) is 70.8 cm³/mol. The zero-order chi connectivity index (χ0) is 13.0. The van der Waals surface area contributed by atoms with Crippen molar-refractivity contribution >= 4 is 28.2 Å². The normalized spacial score (nSPS) is 17.7. The second-order valence-electron chi connectivity index (χ2n) is 4.21. The van der Waals surface area contributed by atoms with Gasteiger partial charge in [0.05, 0.1) is 17.7 Å². The van der Waals surface area contributed by atoms with Gasteiger partial charge in [0.2, 0.25) is 5.91 Å². The van der Waals surface area contributed by atoms with Gasteiger partial charge in [-0.3, -0.25) is 4.79 Å². The molecule has 1 aromatic rings. The van der Waals surface area contributed by atoms with Crippen molar-refractivity contribution in [1.82, 2.24) is 0 Å². The second-order valence-corrected chi connectivity index (χ2v) is 5.12. The minimum atomic E-state index is -0.384. The molecule has 0 saturated carbocycles. The van der Waals surface area contributed by atoms with Crippen molar-refractivity contribution in [3.8, 4) is 0 Å². The van der Waals surface area contributed by atoms with Gasteiger partial charge in [-0.1, -0.05) is 12.2 Å². The maximum Gasteiger partial charge on any atom is 0.338 e. The molecule has 2 rings (SSSR count). The van der Waals surface area contributed by atoms with Gasteiger partial charge < -0.3 is 10.1 Å². The van der Waals surface area contributed by atoms with E-state index in [2.05, 4.69) is 22.2 Å². The first-order valence-electron chi connectivity index (χ1n) is 5.82. The first-order valence-corrected chi connectivity index (χ1v) is 6.70. The van der Waals surface area contributed by atoms with Gasteiger partial charge in [0.25, 0.3) is 0 Å². The van der Waals surface area contributed by atoms with Gasteiger partial charge in [-0.25, -0.2) is 4.79 Å². The Kier molecular flexibility index (Phi) is 4.15. The number of nitrogens with one attached hydrogen (secondary N) is 1. The van der Waals surface area contributed by atoms with Crippen LogP contribution in [0.3, 0.4) is 0 Å². The highest BCUT2D eigenvalue weighted by Gasteiger charge is 2.15. The highest BCUT2D eigenvalue weighted by molar-refractivity contribution is 7.14. The van der Waals surface area contributed by atoms with Crippen LogP contribution in [-0.2, 0) is 9.53 Å². The molecule has 1 aromatic heterocycles. The van der Waals surface area contributed by atoms with Crippen LogP contribution < -0.4 is 5.32 Å². The van der Waals surface area contributed by atoms with Crippen LogP contribution in [0.1, 0.15) is 29.6 Å². The molecule has 1 aliphatic rings. The Bertz CT molecular complexity index is 478. The minimum absolute atomic E-state index is 0.00943. The Morgan fingerprint density at radius 3 is 3.06 bits per heavy atom. The molecule has 1 amide bonds. The van der Waals surface area contributed by atoms with Crippen molar-refractivity contribution < 1.29 is 14.3 Å². The third kappa shape index (κ3) is 3.20. The van der Waals surface area contributed by atoms with E-state index in [0.29, 0.717) is 22.9 Å². The lowest BCUT2D eigenvalue weighted by Crippen LogP contribution is -2.14. The quantitative estimate of drug-likeness (QED) is 0.672. The van der Waals surface area contributed by atoms with Crippen LogP contribution in [0.5, 0.6) is 0 Å². The van der Waals surface area contributed by atoms with Gasteiger partial charge >= 0.3 is 5.97 Å². The number of carbonyl (C=O) groups excluding carboxylic acids is 2. The number of allylic oxidation sites excluding steroid dienone is 2. The molecule has 0 fully saturated rings. The van der Waals surface area contributed by atoms with Gasteiger partial charge in [0.1, 0.15) is 0 Å². The smallest absolute Gasteiger partial charge is 0.338 e. The number of thiophene rings is 1. The summed E-state index contributed by atoms with van der Waals surface area (Å²) in [4.78, 5) is 23.0. The molecule has 5 heteroatoms. The van der Waals surface area contributed by atoms with Crippen molar-refractivity contribution in [2.24, 2.45) is 5.92 Å². The van der Waals surface area contributed by atoms with E-state index in [0.717, 1.165) is 12.8 Å². The Hall–Kier alpha value is -1.62. The molecule has 0 radical (unpaired) electrons. The van der Waals surface area contributed by atoms with E-state index in [-0.39, 0.29) is 11.9 Å². The summed E-state index contributed by atoms with van der Waals surface area (Å²) in [6.07, 6.45) is 6.81. The van der Waals surface area contributed by atoms with E-state index in [1.807, 2.05) is 0 Å². The standard InChI is InChI=1S/C13H15NO3S/c1-17-13(16)10-7-12(18-8-10)14-11(15)6-9-4-2-3-5-9/h2,4,7-9H,3,5-6H2,1H3,(H,14,15)/t9-/m1/s1. The van der Waals surface area contributed by atoms with Crippen molar-refractivity contribution in [1.29, 1.82) is 0 Å². The fraction of sp³-hybridized carbons (Fsp3) is 0.385. The topological polar surface area (TPSA) is 55.4 Å². The van der Waals surface area contributed by atoms with Gasteiger partial charge in [-0.15, -0.1) is 11.3 Å². The summed E-state index contributed by atoms with van der Waals surface area (Å²) in [5.74, 6) is -0.0414. The number of ether oxygens (including phenoxy) is 1. The van der Waals surface area contributed by atoms with Gasteiger partial charge in [-0.05, 0) is 24.8 Å². The molecule has 0 aliphatic heterocycles. The van der Waals surface area contributed by atoms with Crippen LogP contribution in [0, 0.1) is 5.92 Å². The fourth-order valence-corrected chi connectivity index (χ4v) is 2.70. The van der Waals surface area contributed by atoms with E-state index < -0.39 is 0 Å². The number of hydrogen-bond donors (Lipinski definition) is 1. The minimum Gasteiger partial charge on any atom is -0.465 e. The number of anilines is 1. The number of esters is 1. The Morgan fingerprint density at radius 1 is 1.56 bits per heavy atom. The maximum absolute atomic E-state index is 11.8. The molecule has 96 valence electrons. The number of amides is 1. The van der Waals surface area contributed by atoms with Crippen LogP contribution in [0.15, 0.2) is 23.6 Å².